The topological polar surface area (TPSA) is 86.5 Å². The second-order valence-electron chi connectivity index (χ2n) is 5.62. The lowest BCUT2D eigenvalue weighted by molar-refractivity contribution is -0.122. The summed E-state index contributed by atoms with van der Waals surface area (Å²) in [5, 5.41) is 10.2. The number of carbonyl (C=O) groups is 1. The third kappa shape index (κ3) is 4.60. The van der Waals surface area contributed by atoms with Gasteiger partial charge in [0.15, 0.2) is 11.8 Å². The maximum atomic E-state index is 12.9. The first kappa shape index (κ1) is 18.4. The number of halogens is 1. The summed E-state index contributed by atoms with van der Waals surface area (Å²) in [6.07, 6.45) is -0.833. The number of benzene rings is 2. The molecule has 3 rings (SSSR count). The van der Waals surface area contributed by atoms with Gasteiger partial charge in [0.2, 0.25) is 5.82 Å². The third-order valence-electron chi connectivity index (χ3n) is 3.66. The smallest absolute Gasteiger partial charge is 0.266 e. The van der Waals surface area contributed by atoms with E-state index in [2.05, 4.69) is 15.6 Å². The summed E-state index contributed by atoms with van der Waals surface area (Å²) in [7, 11) is 0. The van der Waals surface area contributed by atoms with Crippen LogP contribution in [-0.4, -0.2) is 28.9 Å². The zero-order valence-electron chi connectivity index (χ0n) is 14.8. The molecular weight excluding hydrogens is 353 g/mol. The van der Waals surface area contributed by atoms with Crippen molar-refractivity contribution in [1.29, 1.82) is 0 Å². The van der Waals surface area contributed by atoms with E-state index >= 15 is 0 Å². The normalized spacial score (nSPS) is 11.7. The standard InChI is InChI=1S/C19H18FN3O4/c1-3-25-15-8-4-13(5-9-15)17-18(23-27-22-17)21-19(24)12(2)26-16-10-6-14(20)7-11-16/h4-12H,3H2,1-2H3,(H,21,23,24)/t12-/m0/s1. The predicted octanol–water partition coefficient (Wildman–Crippen LogP) is 3.68. The second-order valence-corrected chi connectivity index (χ2v) is 5.62. The number of anilines is 1. The second kappa shape index (κ2) is 8.31. The average Bonchev–Trinajstić information content (AvgIpc) is 3.12. The van der Waals surface area contributed by atoms with E-state index in [0.29, 0.717) is 23.6 Å². The fourth-order valence-corrected chi connectivity index (χ4v) is 2.32. The molecule has 0 bridgehead atoms. The number of nitrogens with zero attached hydrogens (tertiary/aromatic N) is 2. The maximum absolute atomic E-state index is 12.9. The van der Waals surface area contributed by atoms with Crippen LogP contribution in [0.25, 0.3) is 11.3 Å². The number of rotatable bonds is 7. The van der Waals surface area contributed by atoms with Crippen LogP contribution in [0.4, 0.5) is 10.2 Å². The van der Waals surface area contributed by atoms with Crippen molar-refractivity contribution in [3.8, 4) is 22.8 Å². The lowest BCUT2D eigenvalue weighted by Crippen LogP contribution is -2.30. The molecule has 2 aromatic carbocycles. The molecule has 0 fully saturated rings. The first-order chi connectivity index (χ1) is 13.1. The van der Waals surface area contributed by atoms with Gasteiger partial charge in [0, 0.05) is 5.56 Å². The van der Waals surface area contributed by atoms with Gasteiger partial charge in [-0.1, -0.05) is 0 Å². The molecule has 1 amide bonds. The first-order valence-electron chi connectivity index (χ1n) is 8.35. The van der Waals surface area contributed by atoms with Gasteiger partial charge in [0.05, 0.1) is 6.61 Å². The van der Waals surface area contributed by atoms with Crippen molar-refractivity contribution >= 4 is 11.7 Å². The molecule has 0 aliphatic rings. The van der Waals surface area contributed by atoms with Crippen LogP contribution in [0.5, 0.6) is 11.5 Å². The minimum atomic E-state index is -0.833. The zero-order chi connectivity index (χ0) is 19.2. The summed E-state index contributed by atoms with van der Waals surface area (Å²) >= 11 is 0. The van der Waals surface area contributed by atoms with Crippen molar-refractivity contribution in [2.45, 2.75) is 20.0 Å². The molecule has 8 heteroatoms. The summed E-state index contributed by atoms with van der Waals surface area (Å²) in [6, 6.07) is 12.6. The van der Waals surface area contributed by atoms with Crippen LogP contribution in [0, 0.1) is 5.82 Å². The molecule has 0 unspecified atom stereocenters. The number of amides is 1. The van der Waals surface area contributed by atoms with Gasteiger partial charge >= 0.3 is 0 Å². The Bertz CT molecular complexity index is 894. The van der Waals surface area contributed by atoms with Crippen molar-refractivity contribution in [3.05, 3.63) is 54.3 Å². The van der Waals surface area contributed by atoms with E-state index in [1.807, 2.05) is 6.92 Å². The molecule has 0 saturated heterocycles. The van der Waals surface area contributed by atoms with E-state index in [4.69, 9.17) is 14.1 Å². The Morgan fingerprint density at radius 1 is 1.11 bits per heavy atom. The molecule has 1 N–H and O–H groups in total. The minimum Gasteiger partial charge on any atom is -0.494 e. The summed E-state index contributed by atoms with van der Waals surface area (Å²) < 4.78 is 28.6. The van der Waals surface area contributed by atoms with Crippen LogP contribution >= 0.6 is 0 Å². The van der Waals surface area contributed by atoms with Crippen LogP contribution in [0.1, 0.15) is 13.8 Å². The summed E-state index contributed by atoms with van der Waals surface area (Å²) in [6.45, 7) is 4.04. The number of aromatic nitrogens is 2. The Hall–Kier alpha value is -3.42. The quantitative estimate of drug-likeness (QED) is 0.682. The molecule has 3 aromatic rings. The molecule has 0 aliphatic carbocycles. The zero-order valence-corrected chi connectivity index (χ0v) is 14.8. The Labute approximate surface area is 155 Å². The molecule has 0 spiro atoms. The molecule has 0 saturated carbocycles. The van der Waals surface area contributed by atoms with Crippen molar-refractivity contribution in [3.63, 3.8) is 0 Å². The number of hydrogen-bond donors (Lipinski definition) is 1. The van der Waals surface area contributed by atoms with Gasteiger partial charge in [-0.2, -0.15) is 0 Å². The Morgan fingerprint density at radius 3 is 2.44 bits per heavy atom. The fraction of sp³-hybridized carbons (Fsp3) is 0.211. The molecule has 7 nitrogen and oxygen atoms in total. The SMILES string of the molecule is CCOc1ccc(-c2nonc2NC(=O)[C@H](C)Oc2ccc(F)cc2)cc1. The highest BCUT2D eigenvalue weighted by Gasteiger charge is 2.20. The summed E-state index contributed by atoms with van der Waals surface area (Å²) in [5.41, 5.74) is 1.10. The minimum absolute atomic E-state index is 0.179. The van der Waals surface area contributed by atoms with Crippen molar-refractivity contribution in [1.82, 2.24) is 10.3 Å². The van der Waals surface area contributed by atoms with Gasteiger partial charge in [0.1, 0.15) is 17.3 Å². The highest BCUT2D eigenvalue weighted by Crippen LogP contribution is 2.26. The van der Waals surface area contributed by atoms with Gasteiger partial charge in [0.25, 0.3) is 5.91 Å². The highest BCUT2D eigenvalue weighted by atomic mass is 19.1. The van der Waals surface area contributed by atoms with E-state index in [9.17, 15) is 9.18 Å². The number of hydrogen-bond acceptors (Lipinski definition) is 6. The van der Waals surface area contributed by atoms with Crippen LogP contribution in [0.2, 0.25) is 0 Å². The summed E-state index contributed by atoms with van der Waals surface area (Å²) in [4.78, 5) is 12.4. The summed E-state index contributed by atoms with van der Waals surface area (Å²) in [5.74, 6) is 0.461. The Morgan fingerprint density at radius 2 is 1.78 bits per heavy atom. The first-order valence-corrected chi connectivity index (χ1v) is 8.35. The Kier molecular flexibility index (Phi) is 5.65. The van der Waals surface area contributed by atoms with E-state index in [0.717, 1.165) is 5.75 Å². The molecule has 1 aromatic heterocycles. The molecule has 1 heterocycles. The lowest BCUT2D eigenvalue weighted by Gasteiger charge is -2.13. The monoisotopic (exact) mass is 371 g/mol. The third-order valence-corrected chi connectivity index (χ3v) is 3.66. The average molecular weight is 371 g/mol. The predicted molar refractivity (Wildman–Crippen MR) is 96.0 cm³/mol. The Balaban J connectivity index is 1.68. The largest absolute Gasteiger partial charge is 0.494 e. The van der Waals surface area contributed by atoms with Crippen LogP contribution in [-0.2, 0) is 4.79 Å². The van der Waals surface area contributed by atoms with Crippen LogP contribution < -0.4 is 14.8 Å². The van der Waals surface area contributed by atoms with Crippen molar-refractivity contribution in [2.75, 3.05) is 11.9 Å². The number of ether oxygens (including phenoxy) is 2. The van der Waals surface area contributed by atoms with Gasteiger partial charge in [-0.3, -0.25) is 4.79 Å². The molecule has 1 atom stereocenters. The molecule has 27 heavy (non-hydrogen) atoms. The van der Waals surface area contributed by atoms with E-state index in [1.165, 1.54) is 24.3 Å². The van der Waals surface area contributed by atoms with Gasteiger partial charge < -0.3 is 14.8 Å². The molecular formula is C19H18FN3O4. The van der Waals surface area contributed by atoms with Gasteiger partial charge in [-0.05, 0) is 72.7 Å². The molecule has 0 radical (unpaired) electrons. The fourth-order valence-electron chi connectivity index (χ4n) is 2.32. The van der Waals surface area contributed by atoms with Crippen molar-refractivity contribution in [2.24, 2.45) is 0 Å². The lowest BCUT2D eigenvalue weighted by atomic mass is 10.1. The highest BCUT2D eigenvalue weighted by molar-refractivity contribution is 5.95. The number of nitrogens with one attached hydrogen (secondary N) is 1. The maximum Gasteiger partial charge on any atom is 0.266 e. The molecule has 140 valence electrons. The van der Waals surface area contributed by atoms with Crippen molar-refractivity contribution < 1.29 is 23.3 Å². The van der Waals surface area contributed by atoms with E-state index in [-0.39, 0.29) is 11.6 Å². The molecule has 0 aliphatic heterocycles. The van der Waals surface area contributed by atoms with Crippen LogP contribution in [0.3, 0.4) is 0 Å². The van der Waals surface area contributed by atoms with Gasteiger partial charge in [-0.25, -0.2) is 9.02 Å². The van der Waals surface area contributed by atoms with E-state index < -0.39 is 12.0 Å². The van der Waals surface area contributed by atoms with Gasteiger partial charge in [-0.15, -0.1) is 0 Å². The van der Waals surface area contributed by atoms with Crippen LogP contribution in [0.15, 0.2) is 53.2 Å². The van der Waals surface area contributed by atoms with E-state index in [1.54, 1.807) is 31.2 Å². The number of carbonyl (C=O) groups excluding carboxylic acids is 1.